The summed E-state index contributed by atoms with van der Waals surface area (Å²) in [6.45, 7) is 8.05. The van der Waals surface area contributed by atoms with Crippen molar-refractivity contribution in [3.05, 3.63) is 0 Å². The van der Waals surface area contributed by atoms with Crippen LogP contribution in [-0.4, -0.2) is 101 Å². The molecule has 0 aromatic heterocycles. The lowest BCUT2D eigenvalue weighted by atomic mass is 10.4. The second-order valence-electron chi connectivity index (χ2n) is 5.48. The fraction of sp³-hybridized carbons (Fsp3) is 1.00. The van der Waals surface area contributed by atoms with Gasteiger partial charge in [-0.25, -0.2) is 0 Å². The van der Waals surface area contributed by atoms with Crippen LogP contribution in [0.25, 0.3) is 0 Å². The Labute approximate surface area is 143 Å². The Morgan fingerprint density at radius 3 is 1.57 bits per heavy atom. The summed E-state index contributed by atoms with van der Waals surface area (Å²) >= 11 is 0. The third kappa shape index (κ3) is 13.0. The molecule has 2 atom stereocenters. The van der Waals surface area contributed by atoms with E-state index in [1.165, 1.54) is 0 Å². The second kappa shape index (κ2) is 15.5. The van der Waals surface area contributed by atoms with Crippen LogP contribution in [0.3, 0.4) is 0 Å². The molecule has 0 fully saturated rings. The Morgan fingerprint density at radius 1 is 0.783 bits per heavy atom. The minimum absolute atomic E-state index is 0.0554. The molecule has 0 N–H and O–H groups in total. The summed E-state index contributed by atoms with van der Waals surface area (Å²) in [7, 11) is 4.91. The minimum Gasteiger partial charge on any atom is -0.393 e. The number of methoxy groups -OCH3 is 4. The van der Waals surface area contributed by atoms with E-state index in [-0.39, 0.29) is 12.2 Å². The molecular formula is C15H35NO6Si. The van der Waals surface area contributed by atoms with E-state index >= 15 is 0 Å². The zero-order chi connectivity index (χ0) is 17.5. The molecule has 0 spiro atoms. The highest BCUT2D eigenvalue weighted by atomic mass is 28.3. The first-order valence-electron chi connectivity index (χ1n) is 8.06. The average Bonchev–Trinajstić information content (AvgIpc) is 2.58. The van der Waals surface area contributed by atoms with Gasteiger partial charge in [-0.1, -0.05) is 0 Å². The van der Waals surface area contributed by atoms with Crippen LogP contribution in [0.15, 0.2) is 0 Å². The van der Waals surface area contributed by atoms with E-state index in [0.29, 0.717) is 26.4 Å². The van der Waals surface area contributed by atoms with Crippen LogP contribution in [0.2, 0.25) is 0 Å². The molecule has 7 nitrogen and oxygen atoms in total. The number of hydrogen-bond acceptors (Lipinski definition) is 7. The molecule has 2 unspecified atom stereocenters. The van der Waals surface area contributed by atoms with Gasteiger partial charge in [0.2, 0.25) is 0 Å². The van der Waals surface area contributed by atoms with Crippen molar-refractivity contribution in [1.82, 2.24) is 4.90 Å². The van der Waals surface area contributed by atoms with Crippen molar-refractivity contribution in [3.63, 3.8) is 0 Å². The van der Waals surface area contributed by atoms with E-state index in [0.717, 1.165) is 19.3 Å². The molecule has 0 aliphatic rings. The van der Waals surface area contributed by atoms with E-state index < -0.39 is 9.28 Å². The molecule has 0 heterocycles. The van der Waals surface area contributed by atoms with Gasteiger partial charge in [0.05, 0.1) is 38.6 Å². The van der Waals surface area contributed by atoms with Crippen LogP contribution in [0, 0.1) is 0 Å². The van der Waals surface area contributed by atoms with Gasteiger partial charge in [0.15, 0.2) is 0 Å². The normalized spacial score (nSPS) is 15.8. The van der Waals surface area contributed by atoms with Gasteiger partial charge in [-0.2, -0.15) is 0 Å². The summed E-state index contributed by atoms with van der Waals surface area (Å²) in [5.41, 5.74) is 0. The Bertz CT molecular complexity index is 240. The molecule has 8 heteroatoms. The Kier molecular flexibility index (Phi) is 15.4. The lowest BCUT2D eigenvalue weighted by Gasteiger charge is -2.27. The van der Waals surface area contributed by atoms with Gasteiger partial charge in [0, 0.05) is 47.7 Å². The van der Waals surface area contributed by atoms with Crippen LogP contribution in [0.4, 0.5) is 0 Å². The lowest BCUT2D eigenvalue weighted by Crippen LogP contribution is -2.44. The number of ether oxygens (including phenoxy) is 4. The third-order valence-electron chi connectivity index (χ3n) is 3.47. The molecule has 0 saturated carbocycles. The van der Waals surface area contributed by atoms with Gasteiger partial charge < -0.3 is 27.8 Å². The van der Waals surface area contributed by atoms with E-state index in [2.05, 4.69) is 4.90 Å². The zero-order valence-corrected chi connectivity index (χ0v) is 16.7. The van der Waals surface area contributed by atoms with E-state index in [9.17, 15) is 0 Å². The van der Waals surface area contributed by atoms with Crippen molar-refractivity contribution in [2.45, 2.75) is 26.1 Å². The topological polar surface area (TPSA) is 58.6 Å². The van der Waals surface area contributed by atoms with E-state index in [1.807, 2.05) is 13.8 Å². The van der Waals surface area contributed by atoms with Gasteiger partial charge in [0.1, 0.15) is 0 Å². The first-order valence-corrected chi connectivity index (χ1v) is 9.82. The van der Waals surface area contributed by atoms with Gasteiger partial charge >= 0.3 is 9.28 Å². The highest BCUT2D eigenvalue weighted by Gasteiger charge is 2.20. The second-order valence-corrected chi connectivity index (χ2v) is 7.37. The van der Waals surface area contributed by atoms with Crippen LogP contribution in [0.5, 0.6) is 0 Å². The highest BCUT2D eigenvalue weighted by Crippen LogP contribution is 2.01. The maximum atomic E-state index is 5.99. The zero-order valence-electron chi connectivity index (χ0n) is 15.6. The van der Waals surface area contributed by atoms with Gasteiger partial charge in [0.25, 0.3) is 0 Å². The van der Waals surface area contributed by atoms with Crippen molar-refractivity contribution in [3.8, 4) is 0 Å². The maximum Gasteiger partial charge on any atom is 0.336 e. The maximum absolute atomic E-state index is 5.99. The van der Waals surface area contributed by atoms with Crippen molar-refractivity contribution >= 4 is 9.28 Å². The summed E-state index contributed by atoms with van der Waals surface area (Å²) in [5, 5.41) is 0. The Balaban J connectivity index is 4.49. The standard InChI is InChI=1S/C15H35NO6Si/c1-14(19-5)11-21-23(22-12-15(2)20-6)13-16(7-9-17-3)8-10-18-4/h14-15,23H,7-13H2,1-6H3. The average molecular weight is 354 g/mol. The minimum atomic E-state index is -1.86. The molecule has 0 aromatic rings. The van der Waals surface area contributed by atoms with Crippen LogP contribution in [0.1, 0.15) is 13.8 Å². The van der Waals surface area contributed by atoms with Crippen LogP contribution < -0.4 is 0 Å². The first-order chi connectivity index (χ1) is 11.1. The fourth-order valence-electron chi connectivity index (χ4n) is 1.72. The summed E-state index contributed by atoms with van der Waals surface area (Å²) in [4.78, 5) is 2.26. The highest BCUT2D eigenvalue weighted by molar-refractivity contribution is 6.44. The quantitative estimate of drug-likeness (QED) is 0.373. The van der Waals surface area contributed by atoms with Crippen molar-refractivity contribution in [1.29, 1.82) is 0 Å². The monoisotopic (exact) mass is 353 g/mol. The van der Waals surface area contributed by atoms with Gasteiger partial charge in [-0.15, -0.1) is 0 Å². The van der Waals surface area contributed by atoms with E-state index in [4.69, 9.17) is 27.8 Å². The molecule has 0 rings (SSSR count). The molecule has 0 amide bonds. The van der Waals surface area contributed by atoms with E-state index in [1.54, 1.807) is 28.4 Å². The number of hydrogen-bond donors (Lipinski definition) is 0. The van der Waals surface area contributed by atoms with Crippen LogP contribution >= 0.6 is 0 Å². The van der Waals surface area contributed by atoms with Crippen LogP contribution in [-0.2, 0) is 27.8 Å². The molecule has 0 aliphatic heterocycles. The predicted octanol–water partition coefficient (Wildman–Crippen LogP) is 0.444. The molecule has 0 radical (unpaired) electrons. The molecule has 0 saturated heterocycles. The third-order valence-corrected chi connectivity index (χ3v) is 5.41. The molecule has 0 aliphatic carbocycles. The Hall–Kier alpha value is -0.0631. The van der Waals surface area contributed by atoms with Gasteiger partial charge in [-0.05, 0) is 13.8 Å². The predicted molar refractivity (Wildman–Crippen MR) is 92.2 cm³/mol. The summed E-state index contributed by atoms with van der Waals surface area (Å²) in [5.74, 6) is 0. The van der Waals surface area contributed by atoms with Crippen molar-refractivity contribution < 1.29 is 27.8 Å². The smallest absolute Gasteiger partial charge is 0.336 e. The molecule has 0 aromatic carbocycles. The summed E-state index contributed by atoms with van der Waals surface area (Å²) in [6, 6.07) is 0. The summed E-state index contributed by atoms with van der Waals surface area (Å²) in [6.07, 6.45) is 0.888. The fourth-order valence-corrected chi connectivity index (χ4v) is 3.79. The Morgan fingerprint density at radius 2 is 1.22 bits per heavy atom. The molecule has 140 valence electrons. The molecule has 0 bridgehead atoms. The molecular weight excluding hydrogens is 318 g/mol. The summed E-state index contributed by atoms with van der Waals surface area (Å²) < 4.78 is 32.8. The van der Waals surface area contributed by atoms with Crippen molar-refractivity contribution in [2.24, 2.45) is 0 Å². The lowest BCUT2D eigenvalue weighted by molar-refractivity contribution is 0.0323. The number of rotatable bonds is 16. The van der Waals surface area contributed by atoms with Gasteiger partial charge in [-0.3, -0.25) is 4.90 Å². The number of nitrogens with zero attached hydrogens (tertiary/aromatic N) is 1. The SMILES string of the molecule is COCCN(CCOC)C[SiH](OCC(C)OC)OCC(C)OC. The largest absolute Gasteiger partial charge is 0.393 e. The molecule has 23 heavy (non-hydrogen) atoms. The van der Waals surface area contributed by atoms with Crippen molar-refractivity contribution in [2.75, 3.05) is 74.1 Å². The first kappa shape index (κ1) is 22.9.